The molecule has 0 unspecified atom stereocenters. The molecule has 0 saturated carbocycles. The zero-order chi connectivity index (χ0) is 14.4. The van der Waals surface area contributed by atoms with Gasteiger partial charge in [0.15, 0.2) is 0 Å². The van der Waals surface area contributed by atoms with Gasteiger partial charge in [-0.1, -0.05) is 6.07 Å². The van der Waals surface area contributed by atoms with E-state index in [0.717, 1.165) is 0 Å². The maximum absolute atomic E-state index is 13.7. The van der Waals surface area contributed by atoms with Crippen molar-refractivity contribution < 1.29 is 18.7 Å². The maximum atomic E-state index is 13.7. The molecule has 1 N–H and O–H groups in total. The van der Waals surface area contributed by atoms with Crippen LogP contribution in [0.5, 0.6) is 0 Å². The first kappa shape index (κ1) is 15.1. The summed E-state index contributed by atoms with van der Waals surface area (Å²) in [6, 6.07) is 4.28. The van der Waals surface area contributed by atoms with E-state index in [2.05, 4.69) is 10.1 Å². The zero-order valence-electron chi connectivity index (χ0n) is 11.2. The number of likely N-dealkylation sites (N-methyl/N-ethyl adjacent to an activating group) is 2. The third-order valence-electron chi connectivity index (χ3n) is 2.58. The van der Waals surface area contributed by atoms with E-state index in [1.807, 2.05) is 0 Å². The van der Waals surface area contributed by atoms with Gasteiger partial charge in [-0.15, -0.1) is 0 Å². The molecule has 0 aliphatic carbocycles. The van der Waals surface area contributed by atoms with Crippen LogP contribution in [0.2, 0.25) is 0 Å². The van der Waals surface area contributed by atoms with Crippen molar-refractivity contribution in [1.29, 1.82) is 0 Å². The topological polar surface area (TPSA) is 58.6 Å². The fraction of sp³-hybridized carbons (Fsp3) is 0.385. The largest absolute Gasteiger partial charge is 0.465 e. The Hall–Kier alpha value is -1.95. The summed E-state index contributed by atoms with van der Waals surface area (Å²) in [6.45, 7) is 0.628. The normalized spacial score (nSPS) is 10.4. The summed E-state index contributed by atoms with van der Waals surface area (Å²) in [5, 5.41) is 2.51. The van der Waals surface area contributed by atoms with Crippen molar-refractivity contribution in [2.24, 2.45) is 0 Å². The number of nitrogens with one attached hydrogen (secondary N) is 1. The molecule has 0 bridgehead atoms. The third kappa shape index (κ3) is 4.33. The molecule has 0 aliphatic rings. The lowest BCUT2D eigenvalue weighted by molar-refractivity contribution is -0.121. The molecule has 0 radical (unpaired) electrons. The van der Waals surface area contributed by atoms with Crippen molar-refractivity contribution in [3.05, 3.63) is 35.1 Å². The first-order chi connectivity index (χ1) is 8.97. The second kappa shape index (κ2) is 6.84. The van der Waals surface area contributed by atoms with Gasteiger partial charge in [0, 0.05) is 13.6 Å². The molecule has 0 fully saturated rings. The third-order valence-corrected chi connectivity index (χ3v) is 2.58. The minimum Gasteiger partial charge on any atom is -0.465 e. The molecule has 1 aromatic rings. The van der Waals surface area contributed by atoms with Crippen LogP contribution < -0.4 is 5.32 Å². The molecule has 5 nitrogen and oxygen atoms in total. The number of hydrogen-bond donors (Lipinski definition) is 1. The second-order valence-electron chi connectivity index (χ2n) is 4.15. The number of ether oxygens (including phenoxy) is 1. The van der Waals surface area contributed by atoms with Crippen LogP contribution in [-0.4, -0.2) is 44.5 Å². The quantitative estimate of drug-likeness (QED) is 0.802. The van der Waals surface area contributed by atoms with Crippen LogP contribution in [0.3, 0.4) is 0 Å². The number of carbonyl (C=O) groups excluding carboxylic acids is 2. The van der Waals surface area contributed by atoms with E-state index in [0.29, 0.717) is 12.1 Å². The van der Waals surface area contributed by atoms with Crippen LogP contribution in [0.15, 0.2) is 18.2 Å². The molecule has 1 rings (SSSR count). The fourth-order valence-electron chi connectivity index (χ4n) is 1.62. The van der Waals surface area contributed by atoms with E-state index in [1.54, 1.807) is 25.1 Å². The zero-order valence-corrected chi connectivity index (χ0v) is 11.2. The van der Waals surface area contributed by atoms with Crippen molar-refractivity contribution in [2.75, 3.05) is 27.7 Å². The Balaban J connectivity index is 2.73. The van der Waals surface area contributed by atoms with Gasteiger partial charge in [-0.2, -0.15) is 0 Å². The lowest BCUT2D eigenvalue weighted by Gasteiger charge is -2.15. The van der Waals surface area contributed by atoms with Crippen LogP contribution in [0, 0.1) is 5.82 Å². The number of halogens is 1. The highest BCUT2D eigenvalue weighted by atomic mass is 19.1. The van der Waals surface area contributed by atoms with Crippen LogP contribution in [-0.2, 0) is 16.1 Å². The van der Waals surface area contributed by atoms with Crippen LogP contribution in [0.1, 0.15) is 15.9 Å². The first-order valence-corrected chi connectivity index (χ1v) is 5.73. The highest BCUT2D eigenvalue weighted by Gasteiger charge is 2.13. The van der Waals surface area contributed by atoms with E-state index in [-0.39, 0.29) is 18.0 Å². The van der Waals surface area contributed by atoms with Gasteiger partial charge in [-0.3, -0.25) is 9.69 Å². The summed E-state index contributed by atoms with van der Waals surface area (Å²) in [6.07, 6.45) is 0. The number of amides is 1. The van der Waals surface area contributed by atoms with Crippen LogP contribution in [0.4, 0.5) is 4.39 Å². The predicted molar refractivity (Wildman–Crippen MR) is 68.1 cm³/mol. The average Bonchev–Trinajstić information content (AvgIpc) is 2.37. The van der Waals surface area contributed by atoms with E-state index in [4.69, 9.17) is 0 Å². The Morgan fingerprint density at radius 2 is 2.11 bits per heavy atom. The number of rotatable bonds is 5. The lowest BCUT2D eigenvalue weighted by Crippen LogP contribution is -2.32. The van der Waals surface area contributed by atoms with Gasteiger partial charge in [-0.05, 0) is 24.7 Å². The number of methoxy groups -OCH3 is 1. The molecule has 0 saturated heterocycles. The Labute approximate surface area is 111 Å². The first-order valence-electron chi connectivity index (χ1n) is 5.73. The molecular weight excluding hydrogens is 251 g/mol. The van der Waals surface area contributed by atoms with E-state index in [1.165, 1.54) is 19.2 Å². The van der Waals surface area contributed by atoms with Crippen LogP contribution in [0.25, 0.3) is 0 Å². The smallest absolute Gasteiger partial charge is 0.340 e. The Bertz CT molecular complexity index is 477. The molecule has 104 valence electrons. The maximum Gasteiger partial charge on any atom is 0.340 e. The van der Waals surface area contributed by atoms with Crippen molar-refractivity contribution in [3.8, 4) is 0 Å². The Morgan fingerprint density at radius 1 is 1.42 bits per heavy atom. The second-order valence-corrected chi connectivity index (χ2v) is 4.15. The number of carbonyl (C=O) groups is 2. The summed E-state index contributed by atoms with van der Waals surface area (Å²) in [5.41, 5.74) is 0.580. The molecule has 1 amide bonds. The molecule has 0 heterocycles. The molecule has 0 atom stereocenters. The molecular formula is C13H17FN2O3. The van der Waals surface area contributed by atoms with Crippen molar-refractivity contribution in [3.63, 3.8) is 0 Å². The summed E-state index contributed by atoms with van der Waals surface area (Å²) in [4.78, 5) is 24.1. The van der Waals surface area contributed by atoms with E-state index in [9.17, 15) is 14.0 Å². The Kier molecular flexibility index (Phi) is 5.44. The summed E-state index contributed by atoms with van der Waals surface area (Å²) in [5.74, 6) is -1.45. The fourth-order valence-corrected chi connectivity index (χ4v) is 1.62. The van der Waals surface area contributed by atoms with Crippen molar-refractivity contribution >= 4 is 11.9 Å². The SMILES string of the molecule is CNC(=O)CN(C)Cc1ccc(C(=O)OC)c(F)c1. The lowest BCUT2D eigenvalue weighted by atomic mass is 10.1. The highest BCUT2D eigenvalue weighted by Crippen LogP contribution is 2.13. The monoisotopic (exact) mass is 268 g/mol. The molecule has 0 spiro atoms. The number of nitrogens with zero attached hydrogens (tertiary/aromatic N) is 1. The predicted octanol–water partition coefficient (Wildman–Crippen LogP) is 0.790. The standard InChI is InChI=1S/C13H17FN2O3/c1-15-12(17)8-16(2)7-9-4-5-10(11(14)6-9)13(18)19-3/h4-6H,7-8H2,1-3H3,(H,15,17). The molecule has 0 aromatic heterocycles. The Morgan fingerprint density at radius 3 is 2.63 bits per heavy atom. The molecule has 19 heavy (non-hydrogen) atoms. The highest BCUT2D eigenvalue weighted by molar-refractivity contribution is 5.89. The van der Waals surface area contributed by atoms with Gasteiger partial charge in [0.2, 0.25) is 5.91 Å². The van der Waals surface area contributed by atoms with Gasteiger partial charge < -0.3 is 10.1 Å². The molecule has 6 heteroatoms. The van der Waals surface area contributed by atoms with Gasteiger partial charge in [0.25, 0.3) is 0 Å². The van der Waals surface area contributed by atoms with E-state index >= 15 is 0 Å². The summed E-state index contributed by atoms with van der Waals surface area (Å²) < 4.78 is 18.1. The molecule has 1 aromatic carbocycles. The summed E-state index contributed by atoms with van der Waals surface area (Å²) in [7, 11) is 4.51. The van der Waals surface area contributed by atoms with Crippen LogP contribution >= 0.6 is 0 Å². The molecule has 0 aliphatic heterocycles. The minimum absolute atomic E-state index is 0.0970. The van der Waals surface area contributed by atoms with Gasteiger partial charge >= 0.3 is 5.97 Å². The number of benzene rings is 1. The van der Waals surface area contributed by atoms with Gasteiger partial charge in [0.1, 0.15) is 5.82 Å². The summed E-state index contributed by atoms with van der Waals surface area (Å²) >= 11 is 0. The average molecular weight is 268 g/mol. The number of hydrogen-bond acceptors (Lipinski definition) is 4. The number of esters is 1. The van der Waals surface area contributed by atoms with Crippen molar-refractivity contribution in [2.45, 2.75) is 6.54 Å². The van der Waals surface area contributed by atoms with E-state index < -0.39 is 11.8 Å². The minimum atomic E-state index is -0.706. The van der Waals surface area contributed by atoms with Gasteiger partial charge in [-0.25, -0.2) is 9.18 Å². The van der Waals surface area contributed by atoms with Gasteiger partial charge in [0.05, 0.1) is 19.2 Å². The van der Waals surface area contributed by atoms with Crippen molar-refractivity contribution in [1.82, 2.24) is 10.2 Å².